The number of carbonyl (C=O) groups excluding carboxylic acids is 1. The summed E-state index contributed by atoms with van der Waals surface area (Å²) >= 11 is 3.35. The molecule has 0 aromatic heterocycles. The number of ether oxygens (including phenoxy) is 2. The molecule has 3 nitrogen and oxygen atoms in total. The minimum atomic E-state index is -0.236. The number of esters is 1. The second kappa shape index (κ2) is 3.03. The van der Waals surface area contributed by atoms with Crippen LogP contribution in [-0.4, -0.2) is 13.1 Å². The smallest absolute Gasteiger partial charge is 0.315 e. The van der Waals surface area contributed by atoms with Crippen molar-refractivity contribution in [2.75, 3.05) is 7.11 Å². The average Bonchev–Trinajstić information content (AvgIpc) is 2.48. The lowest BCUT2D eigenvalue weighted by Crippen LogP contribution is -2.00. The van der Waals surface area contributed by atoms with Crippen LogP contribution in [0.2, 0.25) is 0 Å². The summed E-state index contributed by atoms with van der Waals surface area (Å²) in [6.45, 7) is 0. The van der Waals surface area contributed by atoms with Gasteiger partial charge in [-0.25, -0.2) is 0 Å². The van der Waals surface area contributed by atoms with Crippen LogP contribution in [0.3, 0.4) is 0 Å². The van der Waals surface area contributed by atoms with Gasteiger partial charge in [0.2, 0.25) is 0 Å². The monoisotopic (exact) mass is 242 g/mol. The standard InChI is InChI=1S/C9H7BrO3/c1-12-7-3-2-6(10)5-4-8(11)13-9(5)7/h2-3H,4H2,1H3. The van der Waals surface area contributed by atoms with E-state index in [2.05, 4.69) is 15.9 Å². The summed E-state index contributed by atoms with van der Waals surface area (Å²) in [6, 6.07) is 3.61. The lowest BCUT2D eigenvalue weighted by atomic mass is 10.1. The Kier molecular flexibility index (Phi) is 2.00. The molecule has 0 unspecified atom stereocenters. The van der Waals surface area contributed by atoms with Crippen molar-refractivity contribution in [2.24, 2.45) is 0 Å². The number of halogens is 1. The van der Waals surface area contributed by atoms with E-state index in [9.17, 15) is 4.79 Å². The van der Waals surface area contributed by atoms with Crippen LogP contribution in [0.25, 0.3) is 0 Å². The molecular formula is C9H7BrO3. The Bertz CT molecular complexity index is 373. The van der Waals surface area contributed by atoms with E-state index in [0.717, 1.165) is 10.0 Å². The first-order chi connectivity index (χ1) is 6.22. The Morgan fingerprint density at radius 2 is 2.31 bits per heavy atom. The van der Waals surface area contributed by atoms with Crippen molar-refractivity contribution in [2.45, 2.75) is 6.42 Å². The fourth-order valence-corrected chi connectivity index (χ4v) is 1.77. The number of carbonyl (C=O) groups is 1. The van der Waals surface area contributed by atoms with Gasteiger partial charge in [-0.1, -0.05) is 15.9 Å². The van der Waals surface area contributed by atoms with E-state index in [0.29, 0.717) is 17.9 Å². The number of rotatable bonds is 1. The largest absolute Gasteiger partial charge is 0.493 e. The Balaban J connectivity index is 2.58. The normalized spacial score (nSPS) is 13.8. The highest BCUT2D eigenvalue weighted by atomic mass is 79.9. The molecule has 0 radical (unpaired) electrons. The summed E-state index contributed by atoms with van der Waals surface area (Å²) in [5.41, 5.74) is 0.865. The van der Waals surface area contributed by atoms with Crippen LogP contribution in [0.4, 0.5) is 0 Å². The predicted molar refractivity (Wildman–Crippen MR) is 50.0 cm³/mol. The van der Waals surface area contributed by atoms with E-state index in [1.807, 2.05) is 6.07 Å². The molecule has 4 heteroatoms. The Labute approximate surface area is 83.8 Å². The summed E-state index contributed by atoms with van der Waals surface area (Å²) in [6.07, 6.45) is 0.313. The van der Waals surface area contributed by atoms with Crippen molar-refractivity contribution in [1.29, 1.82) is 0 Å². The maximum absolute atomic E-state index is 11.0. The summed E-state index contributed by atoms with van der Waals surface area (Å²) in [5, 5.41) is 0. The number of hydrogen-bond acceptors (Lipinski definition) is 3. The number of benzene rings is 1. The van der Waals surface area contributed by atoms with Gasteiger partial charge in [-0.05, 0) is 12.1 Å². The highest BCUT2D eigenvalue weighted by molar-refractivity contribution is 9.10. The zero-order valence-corrected chi connectivity index (χ0v) is 8.55. The molecule has 0 bridgehead atoms. The van der Waals surface area contributed by atoms with Crippen molar-refractivity contribution in [3.8, 4) is 11.5 Å². The van der Waals surface area contributed by atoms with E-state index in [-0.39, 0.29) is 5.97 Å². The first kappa shape index (κ1) is 8.56. The van der Waals surface area contributed by atoms with Crippen LogP contribution in [0, 0.1) is 0 Å². The lowest BCUT2D eigenvalue weighted by molar-refractivity contribution is -0.131. The minimum absolute atomic E-state index is 0.236. The topological polar surface area (TPSA) is 35.5 Å². The van der Waals surface area contributed by atoms with Gasteiger partial charge < -0.3 is 9.47 Å². The maximum Gasteiger partial charge on any atom is 0.315 e. The molecule has 1 heterocycles. The van der Waals surface area contributed by atoms with Crippen molar-refractivity contribution in [3.05, 3.63) is 22.2 Å². The first-order valence-corrected chi connectivity index (χ1v) is 4.57. The van der Waals surface area contributed by atoms with E-state index >= 15 is 0 Å². The van der Waals surface area contributed by atoms with Crippen LogP contribution in [0.5, 0.6) is 11.5 Å². The van der Waals surface area contributed by atoms with Gasteiger partial charge in [0.05, 0.1) is 13.5 Å². The second-order valence-electron chi connectivity index (χ2n) is 2.71. The molecule has 1 aliphatic heterocycles. The molecule has 0 saturated carbocycles. The quantitative estimate of drug-likeness (QED) is 0.558. The molecule has 1 aromatic carbocycles. The summed E-state index contributed by atoms with van der Waals surface area (Å²) < 4.78 is 11.0. The number of fused-ring (bicyclic) bond motifs is 1. The minimum Gasteiger partial charge on any atom is -0.493 e. The molecule has 0 fully saturated rings. The zero-order chi connectivity index (χ0) is 9.42. The van der Waals surface area contributed by atoms with Gasteiger partial charge in [0.15, 0.2) is 11.5 Å². The van der Waals surface area contributed by atoms with Crippen LogP contribution >= 0.6 is 15.9 Å². The highest BCUT2D eigenvalue weighted by Crippen LogP contribution is 2.40. The molecule has 68 valence electrons. The van der Waals surface area contributed by atoms with Crippen LogP contribution in [0.1, 0.15) is 5.56 Å². The maximum atomic E-state index is 11.0. The molecule has 0 spiro atoms. The van der Waals surface area contributed by atoms with Gasteiger partial charge in [0, 0.05) is 10.0 Å². The molecule has 0 saturated heterocycles. The lowest BCUT2D eigenvalue weighted by Gasteiger charge is -2.05. The zero-order valence-electron chi connectivity index (χ0n) is 6.96. The van der Waals surface area contributed by atoms with Gasteiger partial charge in [0.1, 0.15) is 0 Å². The third-order valence-corrected chi connectivity index (χ3v) is 2.67. The fraction of sp³-hybridized carbons (Fsp3) is 0.222. The summed E-state index contributed by atoms with van der Waals surface area (Å²) in [5.74, 6) is 0.908. The SMILES string of the molecule is COc1ccc(Br)c2c1OC(=O)C2. The molecule has 0 atom stereocenters. The third-order valence-electron chi connectivity index (χ3n) is 1.92. The molecule has 1 aromatic rings. The Hall–Kier alpha value is -1.03. The molecule has 1 aliphatic rings. The molecule has 0 N–H and O–H groups in total. The third kappa shape index (κ3) is 1.31. The van der Waals surface area contributed by atoms with Gasteiger partial charge in [0.25, 0.3) is 0 Å². The molecule has 0 aliphatic carbocycles. The van der Waals surface area contributed by atoms with Crippen molar-refractivity contribution >= 4 is 21.9 Å². The summed E-state index contributed by atoms with van der Waals surface area (Å²) in [7, 11) is 1.55. The first-order valence-electron chi connectivity index (χ1n) is 3.78. The van der Waals surface area contributed by atoms with Crippen LogP contribution < -0.4 is 9.47 Å². The van der Waals surface area contributed by atoms with Crippen molar-refractivity contribution in [3.63, 3.8) is 0 Å². The predicted octanol–water partition coefficient (Wildman–Crippen LogP) is 1.92. The average molecular weight is 243 g/mol. The van der Waals surface area contributed by atoms with Crippen LogP contribution in [0.15, 0.2) is 16.6 Å². The number of methoxy groups -OCH3 is 1. The summed E-state index contributed by atoms with van der Waals surface area (Å²) in [4.78, 5) is 11.0. The van der Waals surface area contributed by atoms with Gasteiger partial charge in [-0.15, -0.1) is 0 Å². The van der Waals surface area contributed by atoms with E-state index in [1.54, 1.807) is 13.2 Å². The molecule has 0 amide bonds. The van der Waals surface area contributed by atoms with Gasteiger partial charge in [-0.2, -0.15) is 0 Å². The molecule has 2 rings (SSSR count). The Morgan fingerprint density at radius 1 is 1.54 bits per heavy atom. The van der Waals surface area contributed by atoms with Gasteiger partial charge >= 0.3 is 5.97 Å². The van der Waals surface area contributed by atoms with Gasteiger partial charge in [-0.3, -0.25) is 4.79 Å². The fourth-order valence-electron chi connectivity index (χ4n) is 1.31. The second-order valence-corrected chi connectivity index (χ2v) is 3.56. The van der Waals surface area contributed by atoms with E-state index in [1.165, 1.54) is 0 Å². The molecule has 13 heavy (non-hydrogen) atoms. The van der Waals surface area contributed by atoms with Crippen molar-refractivity contribution < 1.29 is 14.3 Å². The van der Waals surface area contributed by atoms with E-state index in [4.69, 9.17) is 9.47 Å². The molecular weight excluding hydrogens is 236 g/mol. The van der Waals surface area contributed by atoms with E-state index < -0.39 is 0 Å². The number of hydrogen-bond donors (Lipinski definition) is 0. The van der Waals surface area contributed by atoms with Crippen molar-refractivity contribution in [1.82, 2.24) is 0 Å². The highest BCUT2D eigenvalue weighted by Gasteiger charge is 2.26. The Morgan fingerprint density at radius 3 is 3.00 bits per heavy atom. The van der Waals surface area contributed by atoms with Crippen LogP contribution in [-0.2, 0) is 11.2 Å².